The number of rotatable bonds is 6. The molecule has 0 atom stereocenters. The second kappa shape index (κ2) is 6.71. The number of aromatic nitrogens is 1. The van der Waals surface area contributed by atoms with Crippen LogP contribution in [0.5, 0.6) is 5.75 Å². The molecule has 1 aromatic carbocycles. The smallest absolute Gasteiger partial charge is 0.118 e. The molecule has 0 amide bonds. The van der Waals surface area contributed by atoms with Crippen LogP contribution in [0.3, 0.4) is 0 Å². The summed E-state index contributed by atoms with van der Waals surface area (Å²) in [5.74, 6) is 0.849. The third-order valence-corrected chi connectivity index (χ3v) is 2.73. The Morgan fingerprint density at radius 1 is 1.16 bits per heavy atom. The van der Waals surface area contributed by atoms with Crippen LogP contribution >= 0.6 is 0 Å². The second-order valence-electron chi connectivity index (χ2n) is 4.16. The summed E-state index contributed by atoms with van der Waals surface area (Å²) in [5, 5.41) is 0. The van der Waals surface area contributed by atoms with Crippen molar-refractivity contribution in [1.82, 2.24) is 4.98 Å². The summed E-state index contributed by atoms with van der Waals surface area (Å²) < 4.78 is 10.7. The highest BCUT2D eigenvalue weighted by Crippen LogP contribution is 2.13. The van der Waals surface area contributed by atoms with E-state index in [0.29, 0.717) is 13.2 Å². The summed E-state index contributed by atoms with van der Waals surface area (Å²) in [6.07, 6.45) is 1.75. The second-order valence-corrected chi connectivity index (χ2v) is 4.16. The fourth-order valence-corrected chi connectivity index (χ4v) is 1.66. The van der Waals surface area contributed by atoms with Crippen LogP contribution in [0.1, 0.15) is 11.3 Å². The molecule has 98 valence electrons. The van der Waals surface area contributed by atoms with Gasteiger partial charge in [-0.15, -0.1) is 0 Å². The van der Waals surface area contributed by atoms with Crippen LogP contribution in [0.2, 0.25) is 0 Å². The van der Waals surface area contributed by atoms with Gasteiger partial charge in [-0.1, -0.05) is 24.8 Å². The monoisotopic (exact) mass is 255 g/mol. The van der Waals surface area contributed by atoms with Gasteiger partial charge in [0, 0.05) is 6.20 Å². The van der Waals surface area contributed by atoms with Gasteiger partial charge in [0.2, 0.25) is 0 Å². The van der Waals surface area contributed by atoms with Gasteiger partial charge in [0.1, 0.15) is 5.75 Å². The summed E-state index contributed by atoms with van der Waals surface area (Å²) in [5.41, 5.74) is 2.86. The summed E-state index contributed by atoms with van der Waals surface area (Å²) >= 11 is 0. The van der Waals surface area contributed by atoms with Crippen LogP contribution in [0.25, 0.3) is 5.57 Å². The molecule has 0 saturated carbocycles. The fourth-order valence-electron chi connectivity index (χ4n) is 1.66. The van der Waals surface area contributed by atoms with Gasteiger partial charge in [-0.05, 0) is 35.4 Å². The van der Waals surface area contributed by atoms with Crippen molar-refractivity contribution < 1.29 is 9.47 Å². The van der Waals surface area contributed by atoms with E-state index < -0.39 is 0 Å². The number of ether oxygens (including phenoxy) is 2. The summed E-state index contributed by atoms with van der Waals surface area (Å²) in [7, 11) is 1.66. The summed E-state index contributed by atoms with van der Waals surface area (Å²) in [4.78, 5) is 4.23. The molecule has 0 fully saturated rings. The quantitative estimate of drug-likeness (QED) is 0.793. The van der Waals surface area contributed by atoms with E-state index in [1.54, 1.807) is 13.3 Å². The number of benzene rings is 1. The van der Waals surface area contributed by atoms with E-state index in [4.69, 9.17) is 9.47 Å². The van der Waals surface area contributed by atoms with Crippen LogP contribution in [0.4, 0.5) is 0 Å². The third kappa shape index (κ3) is 3.93. The Morgan fingerprint density at radius 2 is 1.95 bits per heavy atom. The van der Waals surface area contributed by atoms with Crippen molar-refractivity contribution >= 4 is 5.57 Å². The Bertz CT molecular complexity index is 520. The predicted molar refractivity (Wildman–Crippen MR) is 75.9 cm³/mol. The van der Waals surface area contributed by atoms with Crippen molar-refractivity contribution in [3.8, 4) is 5.75 Å². The van der Waals surface area contributed by atoms with Gasteiger partial charge in [-0.2, -0.15) is 0 Å². The molecular formula is C16H17NO2. The maximum atomic E-state index is 5.63. The van der Waals surface area contributed by atoms with Crippen molar-refractivity contribution in [2.45, 2.75) is 6.61 Å². The van der Waals surface area contributed by atoms with E-state index in [1.165, 1.54) is 0 Å². The van der Waals surface area contributed by atoms with Crippen molar-refractivity contribution in [3.63, 3.8) is 0 Å². The normalized spacial score (nSPS) is 10.2. The molecule has 0 bridgehead atoms. The van der Waals surface area contributed by atoms with Crippen LogP contribution in [0, 0.1) is 0 Å². The van der Waals surface area contributed by atoms with Crippen molar-refractivity contribution in [2.24, 2.45) is 0 Å². The molecule has 0 saturated heterocycles. The van der Waals surface area contributed by atoms with E-state index in [1.807, 2.05) is 42.5 Å². The molecule has 1 heterocycles. The maximum Gasteiger partial charge on any atom is 0.118 e. The molecule has 1 aromatic heterocycles. The lowest BCUT2D eigenvalue weighted by Crippen LogP contribution is -1.99. The Hall–Kier alpha value is -2.13. The molecule has 2 rings (SSSR count). The Labute approximate surface area is 113 Å². The largest absolute Gasteiger partial charge is 0.497 e. The lowest BCUT2D eigenvalue weighted by atomic mass is 10.2. The van der Waals surface area contributed by atoms with Crippen LogP contribution < -0.4 is 4.74 Å². The van der Waals surface area contributed by atoms with E-state index >= 15 is 0 Å². The molecule has 0 aliphatic rings. The van der Waals surface area contributed by atoms with Crippen LogP contribution in [-0.2, 0) is 11.3 Å². The molecule has 19 heavy (non-hydrogen) atoms. The van der Waals surface area contributed by atoms with E-state index in [2.05, 4.69) is 11.6 Å². The maximum absolute atomic E-state index is 5.63. The van der Waals surface area contributed by atoms with Crippen molar-refractivity contribution in [2.75, 3.05) is 13.7 Å². The molecular weight excluding hydrogens is 238 g/mol. The molecule has 0 aliphatic carbocycles. The van der Waals surface area contributed by atoms with Gasteiger partial charge in [0.15, 0.2) is 0 Å². The zero-order valence-corrected chi connectivity index (χ0v) is 11.0. The highest BCUT2D eigenvalue weighted by atomic mass is 16.5. The van der Waals surface area contributed by atoms with Gasteiger partial charge >= 0.3 is 0 Å². The minimum absolute atomic E-state index is 0.475. The molecule has 0 radical (unpaired) electrons. The Morgan fingerprint density at radius 3 is 2.58 bits per heavy atom. The number of methoxy groups -OCH3 is 1. The highest BCUT2D eigenvalue weighted by Gasteiger charge is 2.00. The average molecular weight is 255 g/mol. The lowest BCUT2D eigenvalue weighted by Gasteiger charge is -2.07. The lowest BCUT2D eigenvalue weighted by molar-refractivity contribution is 0.153. The number of hydrogen-bond acceptors (Lipinski definition) is 3. The number of nitrogens with zero attached hydrogens (tertiary/aromatic N) is 1. The van der Waals surface area contributed by atoms with E-state index in [9.17, 15) is 0 Å². The van der Waals surface area contributed by atoms with Gasteiger partial charge in [0.05, 0.1) is 26.0 Å². The molecule has 2 aromatic rings. The standard InChI is InChI=1S/C16H17NO2/c1-13(16-5-3-4-10-17-16)11-19-12-14-6-8-15(18-2)9-7-14/h3-10H,1,11-12H2,2H3. The van der Waals surface area contributed by atoms with E-state index in [0.717, 1.165) is 22.6 Å². The van der Waals surface area contributed by atoms with Crippen molar-refractivity contribution in [3.05, 3.63) is 66.5 Å². The van der Waals surface area contributed by atoms with Crippen LogP contribution in [0.15, 0.2) is 55.2 Å². The molecule has 3 nitrogen and oxygen atoms in total. The molecule has 0 unspecified atom stereocenters. The van der Waals surface area contributed by atoms with Crippen LogP contribution in [-0.4, -0.2) is 18.7 Å². The van der Waals surface area contributed by atoms with Crippen molar-refractivity contribution in [1.29, 1.82) is 0 Å². The third-order valence-electron chi connectivity index (χ3n) is 2.73. The first-order valence-corrected chi connectivity index (χ1v) is 6.09. The SMILES string of the molecule is C=C(COCc1ccc(OC)cc1)c1ccccn1. The molecule has 3 heteroatoms. The summed E-state index contributed by atoms with van der Waals surface area (Å²) in [6, 6.07) is 13.6. The van der Waals surface area contributed by atoms with Gasteiger partial charge < -0.3 is 9.47 Å². The zero-order chi connectivity index (χ0) is 13.5. The molecule has 0 N–H and O–H groups in total. The van der Waals surface area contributed by atoms with Gasteiger partial charge in [-0.25, -0.2) is 0 Å². The summed E-state index contributed by atoms with van der Waals surface area (Å²) in [6.45, 7) is 5.00. The number of hydrogen-bond donors (Lipinski definition) is 0. The van der Waals surface area contributed by atoms with Gasteiger partial charge in [-0.3, -0.25) is 4.98 Å². The predicted octanol–water partition coefficient (Wildman–Crippen LogP) is 3.32. The first kappa shape index (κ1) is 13.3. The highest BCUT2D eigenvalue weighted by molar-refractivity contribution is 5.60. The topological polar surface area (TPSA) is 31.4 Å². The first-order chi connectivity index (χ1) is 9.29. The van der Waals surface area contributed by atoms with Gasteiger partial charge in [0.25, 0.3) is 0 Å². The van der Waals surface area contributed by atoms with E-state index in [-0.39, 0.29) is 0 Å². The average Bonchev–Trinajstić information content (AvgIpc) is 2.49. The first-order valence-electron chi connectivity index (χ1n) is 6.09. The number of pyridine rings is 1. The Kier molecular flexibility index (Phi) is 4.70. The molecule has 0 aliphatic heterocycles. The fraction of sp³-hybridized carbons (Fsp3) is 0.188. The minimum Gasteiger partial charge on any atom is -0.497 e. The Balaban J connectivity index is 1.81. The molecule has 0 spiro atoms. The minimum atomic E-state index is 0.475. The zero-order valence-electron chi connectivity index (χ0n) is 11.0.